The molecule has 0 saturated carbocycles. The van der Waals surface area contributed by atoms with E-state index in [0.717, 1.165) is 0 Å². The molecule has 0 bridgehead atoms. The Labute approximate surface area is 371 Å². The molecule has 0 saturated heterocycles. The van der Waals surface area contributed by atoms with Gasteiger partial charge in [-0.2, -0.15) is 0 Å². The first kappa shape index (κ1) is 43.8. The molecule has 0 N–H and O–H groups in total. The van der Waals surface area contributed by atoms with Gasteiger partial charge in [0.25, 0.3) is 0 Å². The van der Waals surface area contributed by atoms with Gasteiger partial charge in [-0.1, -0.05) is 182 Å². The van der Waals surface area contributed by atoms with E-state index in [1.807, 2.05) is 18.2 Å². The van der Waals surface area contributed by atoms with Crippen LogP contribution in [0, 0.1) is 0 Å². The van der Waals surface area contributed by atoms with Gasteiger partial charge < -0.3 is 0 Å². The van der Waals surface area contributed by atoms with Gasteiger partial charge in [-0.3, -0.25) is 0 Å². The zero-order valence-electron chi connectivity index (χ0n) is 32.6. The summed E-state index contributed by atoms with van der Waals surface area (Å²) in [5.74, 6) is 0. The second kappa shape index (κ2) is 23.1. The Morgan fingerprint density at radius 2 is 0.356 bits per heavy atom. The third-order valence-electron chi connectivity index (χ3n) is 9.60. The number of halogens is 1. The van der Waals surface area contributed by atoms with E-state index in [2.05, 4.69) is 255 Å². The van der Waals surface area contributed by atoms with Crippen molar-refractivity contribution in [1.82, 2.24) is 0 Å². The summed E-state index contributed by atoms with van der Waals surface area (Å²) < 4.78 is 0. The van der Waals surface area contributed by atoms with Crippen LogP contribution in [0.3, 0.4) is 0 Å². The predicted molar refractivity (Wildman–Crippen MR) is 263 cm³/mol. The van der Waals surface area contributed by atoms with Crippen LogP contribution in [0.1, 0.15) is 0 Å². The van der Waals surface area contributed by atoms with Crippen LogP contribution >= 0.6 is 33.7 Å². The van der Waals surface area contributed by atoms with Crippen LogP contribution < -0.4 is 47.7 Å². The predicted octanol–water partition coefficient (Wildman–Crippen LogP) is 10.8. The molecule has 0 aliphatic rings. The Balaban J connectivity index is 0.000000148. The summed E-state index contributed by atoms with van der Waals surface area (Å²) in [5.41, 5.74) is 0. The van der Waals surface area contributed by atoms with Gasteiger partial charge in [0.1, 0.15) is 0 Å². The van der Waals surface area contributed by atoms with Crippen molar-refractivity contribution in [3.05, 3.63) is 273 Å². The molecule has 0 aliphatic heterocycles. The van der Waals surface area contributed by atoms with E-state index < -0.39 is 22.5 Å². The number of hydrogen-bond donors (Lipinski definition) is 0. The smallest absolute Gasteiger partial charge is 0 e. The van der Waals surface area contributed by atoms with Crippen molar-refractivity contribution in [2.24, 2.45) is 0 Å². The first-order valence-electron chi connectivity index (χ1n) is 19.5. The van der Waals surface area contributed by atoms with E-state index in [1.54, 1.807) is 0 Å². The molecule has 9 aromatic carbocycles. The van der Waals surface area contributed by atoms with Crippen molar-refractivity contribution >= 4 is 81.4 Å². The summed E-state index contributed by atoms with van der Waals surface area (Å²) in [6, 6.07) is 95.9. The topological polar surface area (TPSA) is 0 Å². The second-order valence-corrected chi connectivity index (χ2v) is 22.6. The Bertz CT molecular complexity index is 2080. The molecule has 0 atom stereocenters. The van der Waals surface area contributed by atoms with Gasteiger partial charge in [-0.15, -0.1) is 0 Å². The van der Waals surface area contributed by atoms with Gasteiger partial charge in [-0.25, -0.2) is 0 Å². The van der Waals surface area contributed by atoms with Gasteiger partial charge in [0.05, 0.1) is 0 Å². The molecule has 0 amide bonds. The third kappa shape index (κ3) is 11.7. The molecule has 0 aliphatic carbocycles. The largest absolute Gasteiger partial charge is 0.0622 e. The monoisotopic (exact) mass is 924 g/mol. The minimum atomic E-state index is -2.41. The van der Waals surface area contributed by atoms with Crippen molar-refractivity contribution in [1.29, 1.82) is 0 Å². The van der Waals surface area contributed by atoms with E-state index in [4.69, 9.17) is 11.2 Å². The van der Waals surface area contributed by atoms with Crippen molar-refractivity contribution in [2.45, 2.75) is 0 Å². The average Bonchev–Trinajstić information content (AvgIpc) is 3.32. The first-order chi connectivity index (χ1) is 28.7. The molecular formula is C54H46ClP3Ru. The van der Waals surface area contributed by atoms with Gasteiger partial charge in [0.2, 0.25) is 0 Å². The maximum atomic E-state index is 7.25. The van der Waals surface area contributed by atoms with Gasteiger partial charge >= 0.3 is 125 Å². The van der Waals surface area contributed by atoms with E-state index in [-0.39, 0.29) is 19.5 Å². The molecular weight excluding hydrogens is 878 g/mol. The van der Waals surface area contributed by atoms with E-state index >= 15 is 0 Å². The molecule has 0 aromatic heterocycles. The number of hydrogen-bond acceptors (Lipinski definition) is 0. The fraction of sp³-hybridized carbons (Fsp3) is 0. The first-order valence-corrected chi connectivity index (χ1v) is 25.2. The maximum Gasteiger partial charge on any atom is 0 e. The molecule has 0 radical (unpaired) electrons. The minimum Gasteiger partial charge on any atom is -0.0622 e. The molecule has 0 heterocycles. The number of rotatable bonds is 9. The van der Waals surface area contributed by atoms with E-state index in [9.17, 15) is 0 Å². The van der Waals surface area contributed by atoms with Crippen LogP contribution in [-0.4, -0.2) is 0 Å². The van der Waals surface area contributed by atoms with Crippen LogP contribution in [0.15, 0.2) is 273 Å². The Kier molecular flexibility index (Phi) is 17.1. The molecule has 59 heavy (non-hydrogen) atoms. The van der Waals surface area contributed by atoms with Crippen molar-refractivity contribution in [2.75, 3.05) is 0 Å². The van der Waals surface area contributed by atoms with Crippen LogP contribution in [-0.2, 0) is 19.5 Å². The van der Waals surface area contributed by atoms with Crippen LogP contribution in [0.2, 0.25) is 0 Å². The van der Waals surface area contributed by atoms with Crippen molar-refractivity contribution in [3.63, 3.8) is 0 Å². The Morgan fingerprint density at radius 3 is 0.508 bits per heavy atom. The molecule has 0 nitrogen and oxygen atoms in total. The second-order valence-electron chi connectivity index (χ2n) is 13.4. The summed E-state index contributed by atoms with van der Waals surface area (Å²) in [7, 11) is -0.892. The molecule has 0 fully saturated rings. The fourth-order valence-corrected chi connectivity index (χ4v) is 15.6. The van der Waals surface area contributed by atoms with E-state index in [0.29, 0.717) is 0 Å². The van der Waals surface area contributed by atoms with Crippen LogP contribution in [0.5, 0.6) is 0 Å². The summed E-state index contributed by atoms with van der Waals surface area (Å²) in [6.45, 7) is -2.41. The number of benzene rings is 9. The van der Waals surface area contributed by atoms with E-state index in [1.165, 1.54) is 47.7 Å². The summed E-state index contributed by atoms with van der Waals surface area (Å²) in [6.07, 6.45) is 0. The quantitative estimate of drug-likeness (QED) is 0.1000. The molecule has 0 spiro atoms. The molecule has 9 rings (SSSR count). The normalized spacial score (nSPS) is 10.9. The Morgan fingerprint density at radius 1 is 0.220 bits per heavy atom. The van der Waals surface area contributed by atoms with Crippen molar-refractivity contribution < 1.29 is 19.5 Å². The fourth-order valence-electron chi connectivity index (χ4n) is 6.86. The summed E-state index contributed by atoms with van der Waals surface area (Å²) in [5, 5.41) is 12.1. The van der Waals surface area contributed by atoms with Crippen molar-refractivity contribution in [3.8, 4) is 0 Å². The molecule has 292 valence electrons. The van der Waals surface area contributed by atoms with Gasteiger partial charge in [-0.05, 0) is 47.7 Å². The minimum absolute atomic E-state index is 0. The zero-order valence-corrected chi connectivity index (χ0v) is 37.9. The molecule has 9 aromatic rings. The SMILES string of the molecule is Cl[PH](c1ccccc1)(c1ccccc1)c1ccccc1.[Ru].c1ccc(P(c2ccccc2)c2ccccc2)cc1.c1ccc(P(c2ccccc2)c2ccccc2)cc1. The summed E-state index contributed by atoms with van der Waals surface area (Å²) >= 11 is 7.25. The molecule has 5 heteroatoms. The Hall–Kier alpha value is -4.82. The molecule has 0 unspecified atom stereocenters. The summed E-state index contributed by atoms with van der Waals surface area (Å²) in [4.78, 5) is 0. The third-order valence-corrected chi connectivity index (χ3v) is 19.8. The van der Waals surface area contributed by atoms with Gasteiger partial charge in [0, 0.05) is 19.5 Å². The standard InChI is InChI=1S/C18H16ClP.2C18H15P.Ru/c19-20(16-10-4-1-5-11-16,17-12-6-2-7-13-17)18-14-8-3-9-15-18;2*1-4-10-16(11-5-1)19(17-12-6-2-7-13-17)18-14-8-3-9-15-18;/h1-15,20H;2*1-15H;. The maximum absolute atomic E-state index is 7.25. The zero-order chi connectivity index (χ0) is 39.7. The average molecular weight is 924 g/mol. The van der Waals surface area contributed by atoms with Crippen LogP contribution in [0.4, 0.5) is 0 Å². The van der Waals surface area contributed by atoms with Crippen LogP contribution in [0.25, 0.3) is 0 Å². The van der Waals surface area contributed by atoms with Gasteiger partial charge in [0.15, 0.2) is 0 Å².